The van der Waals surface area contributed by atoms with E-state index >= 15 is 0 Å². The second-order valence-corrected chi connectivity index (χ2v) is 5.39. The molecular weight excluding hydrogens is 212 g/mol. The average Bonchev–Trinajstić information content (AvgIpc) is 2.59. The maximum atomic E-state index is 5.19. The highest BCUT2D eigenvalue weighted by Crippen LogP contribution is 2.41. The van der Waals surface area contributed by atoms with Crippen molar-refractivity contribution >= 4 is 5.69 Å². The molecule has 1 aromatic rings. The van der Waals surface area contributed by atoms with Crippen molar-refractivity contribution in [1.29, 1.82) is 0 Å². The van der Waals surface area contributed by atoms with Crippen molar-refractivity contribution in [3.8, 4) is 5.75 Å². The Labute approximate surface area is 102 Å². The summed E-state index contributed by atoms with van der Waals surface area (Å²) in [7, 11) is 1.70. The molecule has 0 saturated heterocycles. The zero-order valence-corrected chi connectivity index (χ0v) is 10.5. The highest BCUT2D eigenvalue weighted by Gasteiger charge is 2.47. The number of methoxy groups -OCH3 is 1. The highest BCUT2D eigenvalue weighted by molar-refractivity contribution is 5.36. The lowest BCUT2D eigenvalue weighted by molar-refractivity contribution is -0.537. The van der Waals surface area contributed by atoms with Gasteiger partial charge in [0.1, 0.15) is 11.3 Å². The third-order valence-corrected chi connectivity index (χ3v) is 3.96. The van der Waals surface area contributed by atoms with Gasteiger partial charge in [-0.25, -0.2) is 0 Å². The summed E-state index contributed by atoms with van der Waals surface area (Å²) < 4.78 is 7.42. The predicted molar refractivity (Wildman–Crippen MR) is 66.0 cm³/mol. The maximum absolute atomic E-state index is 5.19. The minimum absolute atomic E-state index is 0.183. The number of fused-ring (bicyclic) bond motifs is 2. The predicted octanol–water partition coefficient (Wildman–Crippen LogP) is 3.51. The number of rotatable bonds is 2. The van der Waals surface area contributed by atoms with Crippen LogP contribution in [0.4, 0.5) is 5.69 Å². The summed E-state index contributed by atoms with van der Waals surface area (Å²) in [4.78, 5) is 0. The number of hydrogen-bond acceptors (Lipinski definition) is 2. The number of benzene rings is 1. The summed E-state index contributed by atoms with van der Waals surface area (Å²) in [6, 6.07) is 8.83. The van der Waals surface area contributed by atoms with E-state index in [9.17, 15) is 0 Å². The monoisotopic (exact) mass is 231 g/mol. The van der Waals surface area contributed by atoms with Gasteiger partial charge >= 0.3 is 0 Å². The SMILES string of the molecule is COc1ccc([N+]2=N[C@@]3(C)CCC[C@@H]2C3)cc1. The van der Waals surface area contributed by atoms with E-state index in [1.807, 2.05) is 12.1 Å². The molecule has 0 spiro atoms. The minimum Gasteiger partial charge on any atom is -0.497 e. The molecule has 2 bridgehead atoms. The van der Waals surface area contributed by atoms with Gasteiger partial charge in [0, 0.05) is 25.0 Å². The molecule has 1 fully saturated rings. The van der Waals surface area contributed by atoms with Gasteiger partial charge in [0.15, 0.2) is 6.04 Å². The first-order chi connectivity index (χ1) is 8.20. The molecule has 2 atom stereocenters. The van der Waals surface area contributed by atoms with E-state index in [1.165, 1.54) is 31.4 Å². The van der Waals surface area contributed by atoms with Crippen molar-refractivity contribution in [2.75, 3.05) is 7.11 Å². The fourth-order valence-electron chi connectivity index (χ4n) is 3.08. The van der Waals surface area contributed by atoms with Gasteiger partial charge in [-0.2, -0.15) is 0 Å². The second-order valence-electron chi connectivity index (χ2n) is 5.39. The first-order valence-corrected chi connectivity index (χ1v) is 6.36. The molecule has 0 radical (unpaired) electrons. The second kappa shape index (κ2) is 3.83. The molecule has 17 heavy (non-hydrogen) atoms. The Bertz CT molecular complexity index is 452. The minimum atomic E-state index is 0.183. The summed E-state index contributed by atoms with van der Waals surface area (Å²) in [5.74, 6) is 0.905. The first-order valence-electron chi connectivity index (χ1n) is 6.36. The molecule has 0 N–H and O–H groups in total. The summed E-state index contributed by atoms with van der Waals surface area (Å²) in [5.41, 5.74) is 1.38. The molecule has 0 aromatic heterocycles. The van der Waals surface area contributed by atoms with E-state index in [1.54, 1.807) is 7.11 Å². The maximum Gasteiger partial charge on any atom is 0.232 e. The molecule has 1 aliphatic heterocycles. The molecule has 0 amide bonds. The van der Waals surface area contributed by atoms with Crippen LogP contribution in [-0.2, 0) is 0 Å². The van der Waals surface area contributed by atoms with Gasteiger partial charge in [-0.1, -0.05) is 4.70 Å². The number of hydrogen-bond donors (Lipinski definition) is 0. The number of ether oxygens (including phenoxy) is 1. The van der Waals surface area contributed by atoms with Crippen molar-refractivity contribution in [2.45, 2.75) is 44.2 Å². The smallest absolute Gasteiger partial charge is 0.232 e. The Hall–Kier alpha value is -1.38. The molecule has 1 aromatic carbocycles. The first kappa shape index (κ1) is 10.8. The van der Waals surface area contributed by atoms with E-state index in [0.717, 1.165) is 5.75 Å². The molecule has 3 heteroatoms. The fourth-order valence-corrected chi connectivity index (χ4v) is 3.08. The van der Waals surface area contributed by atoms with Crippen LogP contribution in [0.5, 0.6) is 5.75 Å². The Balaban J connectivity index is 1.93. The Morgan fingerprint density at radius 2 is 2.12 bits per heavy atom. The van der Waals surface area contributed by atoms with Crippen LogP contribution in [0.3, 0.4) is 0 Å². The van der Waals surface area contributed by atoms with Crippen molar-refractivity contribution in [3.05, 3.63) is 24.3 Å². The van der Waals surface area contributed by atoms with Gasteiger partial charge in [-0.05, 0) is 37.0 Å². The Morgan fingerprint density at radius 3 is 2.76 bits per heavy atom. The van der Waals surface area contributed by atoms with Crippen LogP contribution in [0.25, 0.3) is 0 Å². The van der Waals surface area contributed by atoms with Crippen LogP contribution >= 0.6 is 0 Å². The van der Waals surface area contributed by atoms with E-state index < -0.39 is 0 Å². The largest absolute Gasteiger partial charge is 0.497 e. The van der Waals surface area contributed by atoms with E-state index in [-0.39, 0.29) is 5.54 Å². The van der Waals surface area contributed by atoms with E-state index in [2.05, 4.69) is 23.8 Å². The third-order valence-electron chi connectivity index (χ3n) is 3.96. The van der Waals surface area contributed by atoms with Gasteiger partial charge in [-0.15, -0.1) is 0 Å². The molecule has 1 aliphatic carbocycles. The highest BCUT2D eigenvalue weighted by atomic mass is 16.5. The van der Waals surface area contributed by atoms with Gasteiger partial charge in [0.25, 0.3) is 0 Å². The summed E-state index contributed by atoms with van der Waals surface area (Å²) in [5, 5.41) is 4.90. The van der Waals surface area contributed by atoms with Gasteiger partial charge in [0.2, 0.25) is 5.69 Å². The molecule has 3 rings (SSSR count). The zero-order chi connectivity index (χ0) is 11.9. The fraction of sp³-hybridized carbons (Fsp3) is 0.571. The van der Waals surface area contributed by atoms with Crippen LogP contribution in [0, 0.1) is 0 Å². The Kier molecular flexibility index (Phi) is 2.42. The van der Waals surface area contributed by atoms with Gasteiger partial charge in [-0.3, -0.25) is 0 Å². The van der Waals surface area contributed by atoms with Crippen molar-refractivity contribution in [2.24, 2.45) is 5.11 Å². The summed E-state index contributed by atoms with van der Waals surface area (Å²) in [6.45, 7) is 2.28. The number of nitrogens with zero attached hydrogens (tertiary/aromatic N) is 2. The van der Waals surface area contributed by atoms with Gasteiger partial charge in [0.05, 0.1) is 7.11 Å². The third kappa shape index (κ3) is 1.84. The molecule has 2 aliphatic rings. The summed E-state index contributed by atoms with van der Waals surface area (Å²) in [6.07, 6.45) is 5.01. The normalized spacial score (nSPS) is 31.2. The van der Waals surface area contributed by atoms with Gasteiger partial charge < -0.3 is 4.74 Å². The average molecular weight is 231 g/mol. The van der Waals surface area contributed by atoms with Crippen molar-refractivity contribution < 1.29 is 9.43 Å². The van der Waals surface area contributed by atoms with Crippen molar-refractivity contribution in [3.63, 3.8) is 0 Å². The lowest BCUT2D eigenvalue weighted by Gasteiger charge is -2.20. The lowest BCUT2D eigenvalue weighted by Crippen LogP contribution is -2.27. The van der Waals surface area contributed by atoms with Crippen LogP contribution in [-0.4, -0.2) is 23.4 Å². The molecule has 1 saturated carbocycles. The molecule has 90 valence electrons. The molecular formula is C14H19N2O+. The quantitative estimate of drug-likeness (QED) is 0.715. The topological polar surface area (TPSA) is 24.6 Å². The van der Waals surface area contributed by atoms with Crippen LogP contribution in [0.2, 0.25) is 0 Å². The van der Waals surface area contributed by atoms with E-state index in [4.69, 9.17) is 9.85 Å². The molecule has 1 heterocycles. The van der Waals surface area contributed by atoms with E-state index in [0.29, 0.717) is 6.04 Å². The lowest BCUT2D eigenvalue weighted by atomic mass is 9.83. The zero-order valence-electron chi connectivity index (χ0n) is 10.5. The van der Waals surface area contributed by atoms with Crippen molar-refractivity contribution in [1.82, 2.24) is 0 Å². The number of azo groups is 2. The standard InChI is InChI=1S/C14H19N2O/c1-14-9-3-4-12(10-14)16(15-14)11-5-7-13(17-2)8-6-11/h5-8,12H,3-4,9-10H2,1-2H3/q+1/t12-,14+/m1/s1. The van der Waals surface area contributed by atoms with Crippen LogP contribution in [0.15, 0.2) is 29.4 Å². The molecule has 0 unspecified atom stereocenters. The summed E-state index contributed by atoms with van der Waals surface area (Å²) >= 11 is 0. The molecule has 3 nitrogen and oxygen atoms in total. The van der Waals surface area contributed by atoms with Crippen LogP contribution in [0.1, 0.15) is 32.6 Å². The Morgan fingerprint density at radius 1 is 1.35 bits per heavy atom. The van der Waals surface area contributed by atoms with Crippen LogP contribution < -0.4 is 4.74 Å².